The summed E-state index contributed by atoms with van der Waals surface area (Å²) in [4.78, 5) is 33.5. The second-order valence-electron chi connectivity index (χ2n) is 7.32. The molecular formula is C22H25N3O3. The molecule has 2 saturated heterocycles. The number of piperidine rings is 1. The van der Waals surface area contributed by atoms with E-state index in [0.29, 0.717) is 32.7 Å². The third-order valence-corrected chi connectivity index (χ3v) is 5.52. The molecule has 28 heavy (non-hydrogen) atoms. The van der Waals surface area contributed by atoms with Crippen molar-refractivity contribution in [1.29, 1.82) is 0 Å². The summed E-state index contributed by atoms with van der Waals surface area (Å²) in [6, 6.07) is 15.3. The monoisotopic (exact) mass is 379 g/mol. The summed E-state index contributed by atoms with van der Waals surface area (Å²) >= 11 is 0. The molecule has 146 valence electrons. The van der Waals surface area contributed by atoms with E-state index in [4.69, 9.17) is 4.74 Å². The summed E-state index contributed by atoms with van der Waals surface area (Å²) in [6.07, 6.45) is 4.06. The molecule has 1 aromatic heterocycles. The van der Waals surface area contributed by atoms with Gasteiger partial charge in [0, 0.05) is 31.5 Å². The Morgan fingerprint density at radius 2 is 1.75 bits per heavy atom. The second kappa shape index (κ2) is 8.52. The van der Waals surface area contributed by atoms with E-state index in [-0.39, 0.29) is 17.9 Å². The zero-order valence-corrected chi connectivity index (χ0v) is 15.9. The molecule has 1 atom stereocenters. The summed E-state index contributed by atoms with van der Waals surface area (Å²) in [5.41, 5.74) is 1.78. The fourth-order valence-electron chi connectivity index (χ4n) is 3.92. The minimum Gasteiger partial charge on any atom is -0.372 e. The normalized spacial score (nSPS) is 20.6. The first kappa shape index (κ1) is 18.6. The zero-order chi connectivity index (χ0) is 19.3. The number of benzene rings is 1. The predicted molar refractivity (Wildman–Crippen MR) is 106 cm³/mol. The predicted octanol–water partition coefficient (Wildman–Crippen LogP) is 2.64. The first-order valence-corrected chi connectivity index (χ1v) is 9.89. The Balaban J connectivity index is 1.28. The molecular weight excluding hydrogens is 354 g/mol. The Hall–Kier alpha value is -2.73. The molecule has 2 aromatic rings. The number of amides is 2. The Kier molecular flexibility index (Phi) is 5.67. The van der Waals surface area contributed by atoms with Gasteiger partial charge >= 0.3 is 0 Å². The second-order valence-corrected chi connectivity index (χ2v) is 7.32. The van der Waals surface area contributed by atoms with Crippen LogP contribution in [0, 0.1) is 5.92 Å². The molecule has 0 spiro atoms. The third-order valence-electron chi connectivity index (χ3n) is 5.52. The summed E-state index contributed by atoms with van der Waals surface area (Å²) < 4.78 is 5.94. The van der Waals surface area contributed by atoms with E-state index in [1.54, 1.807) is 11.1 Å². The van der Waals surface area contributed by atoms with Crippen molar-refractivity contribution in [2.45, 2.75) is 32.0 Å². The average Bonchev–Trinajstić information content (AvgIpc) is 3.15. The van der Waals surface area contributed by atoms with Crippen molar-refractivity contribution in [3.63, 3.8) is 0 Å². The van der Waals surface area contributed by atoms with E-state index < -0.39 is 5.92 Å². The van der Waals surface area contributed by atoms with Crippen LogP contribution in [0.2, 0.25) is 0 Å². The van der Waals surface area contributed by atoms with E-state index in [1.165, 1.54) is 0 Å². The van der Waals surface area contributed by atoms with E-state index >= 15 is 0 Å². The van der Waals surface area contributed by atoms with Gasteiger partial charge < -0.3 is 14.5 Å². The first-order chi connectivity index (χ1) is 13.7. The number of likely N-dealkylation sites (tertiary alicyclic amines) is 1. The molecule has 0 saturated carbocycles. The highest BCUT2D eigenvalue weighted by Crippen LogP contribution is 2.27. The van der Waals surface area contributed by atoms with Gasteiger partial charge in [-0.05, 0) is 43.5 Å². The Morgan fingerprint density at radius 3 is 2.46 bits per heavy atom. The van der Waals surface area contributed by atoms with Gasteiger partial charge in [-0.3, -0.25) is 14.6 Å². The Labute approximate surface area is 165 Å². The number of ether oxygens (including phenoxy) is 1. The lowest BCUT2D eigenvalue weighted by atomic mass is 10.0. The minimum atomic E-state index is -0.550. The molecule has 6 nitrogen and oxygen atoms in total. The molecule has 2 fully saturated rings. The van der Waals surface area contributed by atoms with Crippen molar-refractivity contribution in [2.24, 2.45) is 5.92 Å². The van der Waals surface area contributed by atoms with Crippen LogP contribution >= 0.6 is 0 Å². The van der Waals surface area contributed by atoms with Crippen LogP contribution < -0.4 is 4.90 Å². The maximum absolute atomic E-state index is 12.9. The van der Waals surface area contributed by atoms with Gasteiger partial charge in [0.25, 0.3) is 0 Å². The minimum absolute atomic E-state index is 0.0355. The number of anilines is 1. The quantitative estimate of drug-likeness (QED) is 0.750. The number of hydrogen-bond acceptors (Lipinski definition) is 4. The highest BCUT2D eigenvalue weighted by molar-refractivity contribution is 6.09. The van der Waals surface area contributed by atoms with Gasteiger partial charge in [0.1, 0.15) is 5.92 Å². The van der Waals surface area contributed by atoms with Crippen LogP contribution in [-0.4, -0.2) is 47.4 Å². The fourth-order valence-corrected chi connectivity index (χ4v) is 3.92. The average molecular weight is 379 g/mol. The maximum atomic E-state index is 12.9. The van der Waals surface area contributed by atoms with Crippen LogP contribution in [0.4, 0.5) is 5.69 Å². The molecule has 0 bridgehead atoms. The fraction of sp³-hybridized carbons (Fsp3) is 0.409. The summed E-state index contributed by atoms with van der Waals surface area (Å²) in [6.45, 7) is 2.37. The van der Waals surface area contributed by atoms with Crippen molar-refractivity contribution in [2.75, 3.05) is 24.5 Å². The van der Waals surface area contributed by atoms with Crippen molar-refractivity contribution in [3.8, 4) is 0 Å². The molecule has 3 heterocycles. The Bertz CT molecular complexity index is 804. The molecule has 2 aliphatic heterocycles. The number of para-hydroxylation sites is 1. The third kappa shape index (κ3) is 4.07. The van der Waals surface area contributed by atoms with Crippen molar-refractivity contribution >= 4 is 17.5 Å². The molecule has 0 aliphatic carbocycles. The topological polar surface area (TPSA) is 62.7 Å². The maximum Gasteiger partial charge on any atom is 0.239 e. The van der Waals surface area contributed by atoms with Gasteiger partial charge in [-0.1, -0.05) is 24.3 Å². The van der Waals surface area contributed by atoms with Crippen LogP contribution in [0.3, 0.4) is 0 Å². The van der Waals surface area contributed by atoms with Gasteiger partial charge in [-0.15, -0.1) is 0 Å². The highest BCUT2D eigenvalue weighted by Gasteiger charge is 2.40. The van der Waals surface area contributed by atoms with Crippen molar-refractivity contribution in [1.82, 2.24) is 9.88 Å². The van der Waals surface area contributed by atoms with Crippen LogP contribution in [0.25, 0.3) is 0 Å². The Morgan fingerprint density at radius 1 is 1.00 bits per heavy atom. The number of nitrogens with zero attached hydrogens (tertiary/aromatic N) is 3. The number of hydrogen-bond donors (Lipinski definition) is 0. The molecule has 0 N–H and O–H groups in total. The number of carbonyl (C=O) groups is 2. The standard InChI is InChI=1S/C22H25N3O3/c26-21(20-11-15-25(22(20)27)18-7-2-1-3-8-18)24-13-9-19(10-14-24)28-16-17-6-4-5-12-23-17/h1-8,12,19-20H,9-11,13-16H2/t20-/m0/s1. The summed E-state index contributed by atoms with van der Waals surface area (Å²) in [5.74, 6) is -0.664. The van der Waals surface area contributed by atoms with E-state index in [2.05, 4.69) is 4.98 Å². The lowest BCUT2D eigenvalue weighted by Gasteiger charge is -2.33. The number of carbonyl (C=O) groups excluding carboxylic acids is 2. The smallest absolute Gasteiger partial charge is 0.239 e. The largest absolute Gasteiger partial charge is 0.372 e. The lowest BCUT2D eigenvalue weighted by molar-refractivity contribution is -0.142. The number of rotatable bonds is 5. The molecule has 2 amide bonds. The van der Waals surface area contributed by atoms with E-state index in [0.717, 1.165) is 24.2 Å². The molecule has 6 heteroatoms. The first-order valence-electron chi connectivity index (χ1n) is 9.89. The van der Waals surface area contributed by atoms with Gasteiger partial charge in [0.2, 0.25) is 11.8 Å². The molecule has 2 aliphatic rings. The van der Waals surface area contributed by atoms with Crippen molar-refractivity contribution < 1.29 is 14.3 Å². The van der Waals surface area contributed by atoms with Gasteiger partial charge in [-0.25, -0.2) is 0 Å². The highest BCUT2D eigenvalue weighted by atomic mass is 16.5. The number of pyridine rings is 1. The molecule has 0 radical (unpaired) electrons. The van der Waals surface area contributed by atoms with Crippen LogP contribution in [-0.2, 0) is 20.9 Å². The summed E-state index contributed by atoms with van der Waals surface area (Å²) in [7, 11) is 0. The zero-order valence-electron chi connectivity index (χ0n) is 15.9. The van der Waals surface area contributed by atoms with E-state index in [1.807, 2.05) is 53.4 Å². The lowest BCUT2D eigenvalue weighted by Crippen LogP contribution is -2.45. The van der Waals surface area contributed by atoms with Crippen LogP contribution in [0.5, 0.6) is 0 Å². The number of aromatic nitrogens is 1. The van der Waals surface area contributed by atoms with Crippen LogP contribution in [0.1, 0.15) is 25.0 Å². The van der Waals surface area contributed by atoms with Gasteiger partial charge in [0.05, 0.1) is 18.4 Å². The van der Waals surface area contributed by atoms with E-state index in [9.17, 15) is 9.59 Å². The SMILES string of the molecule is O=C([C@@H]1CCN(c2ccccc2)C1=O)N1CCC(OCc2ccccn2)CC1. The van der Waals surface area contributed by atoms with Crippen LogP contribution in [0.15, 0.2) is 54.7 Å². The summed E-state index contributed by atoms with van der Waals surface area (Å²) in [5, 5.41) is 0. The molecule has 0 unspecified atom stereocenters. The van der Waals surface area contributed by atoms with Crippen molar-refractivity contribution in [3.05, 3.63) is 60.4 Å². The van der Waals surface area contributed by atoms with Gasteiger partial charge in [-0.2, -0.15) is 0 Å². The molecule has 4 rings (SSSR count). The molecule has 1 aromatic carbocycles. The van der Waals surface area contributed by atoms with Gasteiger partial charge in [0.15, 0.2) is 0 Å².